The lowest BCUT2D eigenvalue weighted by molar-refractivity contribution is -0.929. The minimum absolute atomic E-state index is 0. The first kappa shape index (κ1) is 32.4. The third kappa shape index (κ3) is 10.1. The van der Waals surface area contributed by atoms with Crippen LogP contribution in [0.25, 0.3) is 0 Å². The van der Waals surface area contributed by atoms with Crippen molar-refractivity contribution in [1.29, 1.82) is 0 Å². The summed E-state index contributed by atoms with van der Waals surface area (Å²) < 4.78 is 35.6. The minimum atomic E-state index is -4.49. The van der Waals surface area contributed by atoms with Gasteiger partial charge >= 0.3 is 7.82 Å². The minimum Gasteiger partial charge on any atom is -1.00 e. The highest BCUT2D eigenvalue weighted by Gasteiger charge is 2.32. The molecule has 0 radical (unpaired) electrons. The summed E-state index contributed by atoms with van der Waals surface area (Å²) in [4.78, 5) is 31.9. The number of ether oxygens (including phenoxy) is 1. The first-order valence-electron chi connectivity index (χ1n) is 13.5. The summed E-state index contributed by atoms with van der Waals surface area (Å²) in [6, 6.07) is 5.09. The number of rotatable bonds is 11. The first-order valence-corrected chi connectivity index (χ1v) is 15.0. The van der Waals surface area contributed by atoms with E-state index in [0.29, 0.717) is 40.5 Å². The van der Waals surface area contributed by atoms with Gasteiger partial charge in [0.15, 0.2) is 18.3 Å². The SMILES string of the molecule is COc1ccc(Nc2nc(CNC3CC[N+](C)(COP(=O)(O)O)CC3)nc(NC3CCCCCC3)n2)cc1F.[Cl-]. The molecule has 0 spiro atoms. The van der Waals surface area contributed by atoms with E-state index in [0.717, 1.165) is 38.8 Å². The summed E-state index contributed by atoms with van der Waals surface area (Å²) in [6.45, 7) is 1.83. The zero-order chi connectivity index (χ0) is 27.9. The smallest absolute Gasteiger partial charge is 0.474 e. The average Bonchev–Trinajstić information content (AvgIpc) is 3.16. The van der Waals surface area contributed by atoms with Crippen molar-refractivity contribution in [2.75, 3.05) is 44.6 Å². The van der Waals surface area contributed by atoms with Crippen molar-refractivity contribution in [1.82, 2.24) is 20.3 Å². The third-order valence-electron chi connectivity index (χ3n) is 7.40. The second-order valence-corrected chi connectivity index (χ2v) is 11.9. The summed E-state index contributed by atoms with van der Waals surface area (Å²) in [5, 5.41) is 10.1. The molecular weight excluding hydrogens is 564 g/mol. The van der Waals surface area contributed by atoms with Crippen LogP contribution in [-0.2, 0) is 15.6 Å². The number of benzene rings is 1. The van der Waals surface area contributed by atoms with Gasteiger partial charge in [-0.05, 0) is 25.0 Å². The number of anilines is 3. The van der Waals surface area contributed by atoms with E-state index in [1.807, 2.05) is 7.05 Å². The molecule has 2 heterocycles. The van der Waals surface area contributed by atoms with Gasteiger partial charge in [0.05, 0.1) is 33.8 Å². The Labute approximate surface area is 240 Å². The largest absolute Gasteiger partial charge is 1.00 e. The highest BCUT2D eigenvalue weighted by atomic mass is 35.5. The molecule has 4 rings (SSSR count). The van der Waals surface area contributed by atoms with E-state index in [1.165, 1.54) is 38.9 Å². The van der Waals surface area contributed by atoms with Crippen molar-refractivity contribution in [3.05, 3.63) is 29.8 Å². The molecular formula is C25H40ClFN7O5P. The summed E-state index contributed by atoms with van der Waals surface area (Å²) >= 11 is 0. The van der Waals surface area contributed by atoms with E-state index >= 15 is 0 Å². The predicted octanol–water partition coefficient (Wildman–Crippen LogP) is 0.667. The van der Waals surface area contributed by atoms with Gasteiger partial charge in [0, 0.05) is 36.7 Å². The number of phosphoric acid groups is 1. The van der Waals surface area contributed by atoms with Crippen LogP contribution in [0.1, 0.15) is 57.2 Å². The van der Waals surface area contributed by atoms with E-state index in [4.69, 9.17) is 19.0 Å². The summed E-state index contributed by atoms with van der Waals surface area (Å²) in [5.41, 5.74) is 0.501. The Bertz CT molecular complexity index is 1140. The molecule has 224 valence electrons. The Morgan fingerprint density at radius 2 is 1.70 bits per heavy atom. The van der Waals surface area contributed by atoms with Gasteiger partial charge < -0.3 is 47.4 Å². The summed E-state index contributed by atoms with van der Waals surface area (Å²) in [5.74, 6) is 1.05. The van der Waals surface area contributed by atoms with E-state index in [2.05, 4.69) is 30.9 Å². The highest BCUT2D eigenvalue weighted by Crippen LogP contribution is 2.37. The zero-order valence-electron chi connectivity index (χ0n) is 23.0. The van der Waals surface area contributed by atoms with Gasteiger partial charge in [-0.2, -0.15) is 15.0 Å². The number of nitrogens with one attached hydrogen (secondary N) is 3. The van der Waals surface area contributed by atoms with Gasteiger partial charge in [0.2, 0.25) is 11.9 Å². The van der Waals surface area contributed by atoms with E-state index in [9.17, 15) is 8.96 Å². The number of piperidine rings is 1. The number of likely N-dealkylation sites (tertiary alicyclic amines) is 1. The topological polar surface area (TPSA) is 151 Å². The molecule has 0 bridgehead atoms. The fraction of sp³-hybridized carbons (Fsp3) is 0.640. The number of hydrogen-bond acceptors (Lipinski definition) is 9. The van der Waals surface area contributed by atoms with Crippen LogP contribution in [0, 0.1) is 5.82 Å². The summed E-state index contributed by atoms with van der Waals surface area (Å²) in [6.07, 6.45) is 8.59. The number of hydrogen-bond donors (Lipinski definition) is 5. The quantitative estimate of drug-likeness (QED) is 0.140. The number of methoxy groups -OCH3 is 1. The number of halogens is 2. The number of nitrogens with zero attached hydrogens (tertiary/aromatic N) is 4. The van der Waals surface area contributed by atoms with Gasteiger partial charge in [-0.25, -0.2) is 13.5 Å². The zero-order valence-corrected chi connectivity index (χ0v) is 24.6. The Kier molecular flexibility index (Phi) is 11.9. The molecule has 1 saturated carbocycles. The molecule has 0 amide bonds. The fourth-order valence-corrected chi connectivity index (χ4v) is 5.50. The van der Waals surface area contributed by atoms with Crippen LogP contribution in [0.2, 0.25) is 0 Å². The lowest BCUT2D eigenvalue weighted by atomic mass is 10.0. The molecule has 0 atom stereocenters. The number of quaternary nitrogens is 1. The van der Waals surface area contributed by atoms with Crippen LogP contribution in [0.3, 0.4) is 0 Å². The molecule has 40 heavy (non-hydrogen) atoms. The predicted molar refractivity (Wildman–Crippen MR) is 145 cm³/mol. The van der Waals surface area contributed by atoms with Crippen LogP contribution in [0.4, 0.5) is 22.0 Å². The monoisotopic (exact) mass is 603 g/mol. The fourth-order valence-electron chi connectivity index (χ4n) is 5.07. The third-order valence-corrected chi connectivity index (χ3v) is 7.85. The molecule has 5 N–H and O–H groups in total. The van der Waals surface area contributed by atoms with E-state index < -0.39 is 13.6 Å². The molecule has 0 unspecified atom stereocenters. The highest BCUT2D eigenvalue weighted by molar-refractivity contribution is 7.46. The van der Waals surface area contributed by atoms with Crippen molar-refractivity contribution in [2.24, 2.45) is 0 Å². The lowest BCUT2D eigenvalue weighted by Gasteiger charge is -2.40. The molecule has 1 aromatic heterocycles. The first-order chi connectivity index (χ1) is 18.6. The lowest BCUT2D eigenvalue weighted by Crippen LogP contribution is -3.00. The molecule has 2 aliphatic rings. The molecule has 2 aromatic rings. The van der Waals surface area contributed by atoms with Crippen LogP contribution in [0.5, 0.6) is 5.75 Å². The number of aromatic nitrogens is 3. The Morgan fingerprint density at radius 1 is 1.02 bits per heavy atom. The van der Waals surface area contributed by atoms with Gasteiger partial charge in [-0.3, -0.25) is 0 Å². The standard InChI is InChI=1S/C25H39FN7O5P.ClH/c1-33(17-38-39(34,35)36)13-11-18(12-14-33)27-16-23-30-24(28-19-7-5-3-4-6-8-19)32-25(31-23)29-20-9-10-22(37-2)21(26)15-20;/h9-10,15,18-19,27H,3-8,11-14,16-17H2,1-2H3,(H3-,28,29,30,31,32,34,35,36);1H. The van der Waals surface area contributed by atoms with Gasteiger partial charge in [-0.15, -0.1) is 0 Å². The van der Waals surface area contributed by atoms with Crippen molar-refractivity contribution < 1.29 is 44.9 Å². The Morgan fingerprint density at radius 3 is 2.33 bits per heavy atom. The van der Waals surface area contributed by atoms with Crippen LogP contribution in [-0.4, -0.2) is 75.3 Å². The summed E-state index contributed by atoms with van der Waals surface area (Å²) in [7, 11) is -1.14. The van der Waals surface area contributed by atoms with Crippen molar-refractivity contribution >= 4 is 25.4 Å². The molecule has 1 aromatic carbocycles. The van der Waals surface area contributed by atoms with Crippen molar-refractivity contribution in [3.63, 3.8) is 0 Å². The maximum Gasteiger partial charge on any atom is 0.474 e. The molecule has 1 aliphatic carbocycles. The Hall–Kier alpha value is -2.12. The maximum absolute atomic E-state index is 14.3. The van der Waals surface area contributed by atoms with Crippen molar-refractivity contribution in [2.45, 2.75) is 70.0 Å². The molecule has 1 aliphatic heterocycles. The van der Waals surface area contributed by atoms with E-state index in [-0.39, 0.29) is 30.9 Å². The number of phosphoric ester groups is 1. The second kappa shape index (κ2) is 14.7. The van der Waals surface area contributed by atoms with E-state index in [1.54, 1.807) is 12.1 Å². The maximum atomic E-state index is 14.3. The van der Waals surface area contributed by atoms with Gasteiger partial charge in [-0.1, -0.05) is 25.7 Å². The van der Waals surface area contributed by atoms with Crippen LogP contribution in [0.15, 0.2) is 18.2 Å². The van der Waals surface area contributed by atoms with Crippen LogP contribution >= 0.6 is 7.82 Å². The normalized spacial score (nSPS) is 22.2. The molecule has 15 heteroatoms. The Balaban J connectivity index is 0.00000441. The molecule has 2 fully saturated rings. The van der Waals surface area contributed by atoms with Gasteiger partial charge in [0.25, 0.3) is 0 Å². The molecule has 12 nitrogen and oxygen atoms in total. The van der Waals surface area contributed by atoms with Crippen molar-refractivity contribution in [3.8, 4) is 5.75 Å². The van der Waals surface area contributed by atoms with Gasteiger partial charge in [0.1, 0.15) is 5.82 Å². The second-order valence-electron chi connectivity index (χ2n) is 10.7. The average molecular weight is 604 g/mol. The molecule has 1 saturated heterocycles. The van der Waals surface area contributed by atoms with Crippen LogP contribution < -0.4 is 33.1 Å².